The number of fused-ring (bicyclic) bond motifs is 1. The zero-order valence-corrected chi connectivity index (χ0v) is 12.6. The third kappa shape index (κ3) is 3.52. The molecule has 1 aliphatic heterocycles. The topological polar surface area (TPSA) is 72.1 Å². The Hall–Kier alpha value is -1.65. The van der Waals surface area contributed by atoms with Gasteiger partial charge < -0.3 is 10.6 Å². The standard InChI is InChI=1S/C16H24N4O/c17-15-10-13-11-20(9-8-14(13)18-19-15)16(21)7-6-12-4-2-1-3-5-12/h10,12H,1-9,11H2,(H2,17,19). The van der Waals surface area contributed by atoms with Gasteiger partial charge >= 0.3 is 0 Å². The molecule has 21 heavy (non-hydrogen) atoms. The lowest BCUT2D eigenvalue weighted by Gasteiger charge is -2.29. The van der Waals surface area contributed by atoms with Crippen LogP contribution in [0.4, 0.5) is 5.82 Å². The zero-order valence-electron chi connectivity index (χ0n) is 12.6. The molecule has 2 N–H and O–H groups in total. The minimum atomic E-state index is 0.279. The van der Waals surface area contributed by atoms with Gasteiger partial charge in [0.2, 0.25) is 5.91 Å². The molecule has 1 aliphatic carbocycles. The monoisotopic (exact) mass is 288 g/mol. The Bertz CT molecular complexity index is 511. The first-order valence-corrected chi connectivity index (χ1v) is 8.11. The smallest absolute Gasteiger partial charge is 0.222 e. The number of amides is 1. The molecular weight excluding hydrogens is 264 g/mol. The maximum Gasteiger partial charge on any atom is 0.222 e. The number of anilines is 1. The highest BCUT2D eigenvalue weighted by molar-refractivity contribution is 5.76. The fraction of sp³-hybridized carbons (Fsp3) is 0.688. The van der Waals surface area contributed by atoms with Crippen LogP contribution in [0.5, 0.6) is 0 Å². The number of rotatable bonds is 3. The Morgan fingerprint density at radius 2 is 2.10 bits per heavy atom. The first kappa shape index (κ1) is 14.3. The van der Waals surface area contributed by atoms with Gasteiger partial charge in [-0.1, -0.05) is 32.1 Å². The molecule has 5 heteroatoms. The van der Waals surface area contributed by atoms with Gasteiger partial charge in [0.15, 0.2) is 0 Å². The number of carbonyl (C=O) groups excluding carboxylic acids is 1. The molecule has 0 spiro atoms. The molecule has 5 nitrogen and oxygen atoms in total. The summed E-state index contributed by atoms with van der Waals surface area (Å²) in [6.07, 6.45) is 9.20. The van der Waals surface area contributed by atoms with Crippen molar-refractivity contribution < 1.29 is 4.79 Å². The lowest BCUT2D eigenvalue weighted by molar-refractivity contribution is -0.132. The summed E-state index contributed by atoms with van der Waals surface area (Å²) in [4.78, 5) is 14.3. The summed E-state index contributed by atoms with van der Waals surface area (Å²) in [5, 5.41) is 8.00. The summed E-state index contributed by atoms with van der Waals surface area (Å²) in [5.41, 5.74) is 7.72. The van der Waals surface area contributed by atoms with Crippen molar-refractivity contribution in [3.8, 4) is 0 Å². The maximum absolute atomic E-state index is 12.4. The second-order valence-corrected chi connectivity index (χ2v) is 6.35. The Morgan fingerprint density at radius 1 is 1.29 bits per heavy atom. The van der Waals surface area contributed by atoms with Crippen LogP contribution in [-0.2, 0) is 17.8 Å². The maximum atomic E-state index is 12.4. The number of hydrogen-bond acceptors (Lipinski definition) is 4. The van der Waals surface area contributed by atoms with Crippen molar-refractivity contribution in [3.05, 3.63) is 17.3 Å². The Balaban J connectivity index is 1.54. The first-order valence-electron chi connectivity index (χ1n) is 8.11. The van der Waals surface area contributed by atoms with Gasteiger partial charge in [0, 0.05) is 25.9 Å². The van der Waals surface area contributed by atoms with Crippen LogP contribution in [0, 0.1) is 5.92 Å². The summed E-state index contributed by atoms with van der Waals surface area (Å²) in [7, 11) is 0. The summed E-state index contributed by atoms with van der Waals surface area (Å²) in [5.74, 6) is 1.48. The van der Waals surface area contributed by atoms with Crippen molar-refractivity contribution in [3.63, 3.8) is 0 Å². The van der Waals surface area contributed by atoms with Crippen LogP contribution >= 0.6 is 0 Å². The SMILES string of the molecule is Nc1cc2c(nn1)CCN(C(=O)CCC1CCCCC1)C2. The lowest BCUT2D eigenvalue weighted by atomic mass is 9.86. The Labute approximate surface area is 125 Å². The molecule has 1 aromatic heterocycles. The number of aromatic nitrogens is 2. The van der Waals surface area contributed by atoms with E-state index in [1.165, 1.54) is 32.1 Å². The van der Waals surface area contributed by atoms with Crippen molar-refractivity contribution in [2.24, 2.45) is 5.92 Å². The minimum Gasteiger partial charge on any atom is -0.382 e. The normalized spacial score (nSPS) is 19.3. The van der Waals surface area contributed by atoms with E-state index in [1.54, 1.807) is 0 Å². The summed E-state index contributed by atoms with van der Waals surface area (Å²) < 4.78 is 0. The average molecular weight is 288 g/mol. The van der Waals surface area contributed by atoms with E-state index < -0.39 is 0 Å². The molecule has 2 aliphatic rings. The van der Waals surface area contributed by atoms with Gasteiger partial charge in [-0.05, 0) is 24.0 Å². The molecule has 3 rings (SSSR count). The molecule has 1 aromatic rings. The van der Waals surface area contributed by atoms with Crippen molar-refractivity contribution in [1.29, 1.82) is 0 Å². The second kappa shape index (κ2) is 6.41. The van der Waals surface area contributed by atoms with E-state index in [0.717, 1.165) is 36.6 Å². The van der Waals surface area contributed by atoms with Crippen molar-refractivity contribution >= 4 is 11.7 Å². The first-order chi connectivity index (χ1) is 10.2. The summed E-state index contributed by atoms with van der Waals surface area (Å²) in [6, 6.07) is 1.85. The minimum absolute atomic E-state index is 0.279. The number of nitrogens with zero attached hydrogens (tertiary/aromatic N) is 3. The summed E-state index contributed by atoms with van der Waals surface area (Å²) in [6.45, 7) is 1.40. The van der Waals surface area contributed by atoms with E-state index >= 15 is 0 Å². The Kier molecular flexibility index (Phi) is 4.36. The predicted molar refractivity (Wildman–Crippen MR) is 81.4 cm³/mol. The average Bonchev–Trinajstić information content (AvgIpc) is 2.53. The van der Waals surface area contributed by atoms with Crippen LogP contribution in [0.1, 0.15) is 56.2 Å². The molecule has 1 amide bonds. The van der Waals surface area contributed by atoms with Gasteiger partial charge in [-0.15, -0.1) is 5.10 Å². The van der Waals surface area contributed by atoms with E-state index in [9.17, 15) is 4.79 Å². The summed E-state index contributed by atoms with van der Waals surface area (Å²) >= 11 is 0. The number of hydrogen-bond donors (Lipinski definition) is 1. The van der Waals surface area contributed by atoms with Crippen LogP contribution in [0.3, 0.4) is 0 Å². The van der Waals surface area contributed by atoms with Crippen LogP contribution in [-0.4, -0.2) is 27.5 Å². The van der Waals surface area contributed by atoms with Gasteiger partial charge in [0.05, 0.1) is 5.69 Å². The Morgan fingerprint density at radius 3 is 2.90 bits per heavy atom. The van der Waals surface area contributed by atoms with Crippen LogP contribution in [0.2, 0.25) is 0 Å². The van der Waals surface area contributed by atoms with Crippen molar-refractivity contribution in [2.75, 3.05) is 12.3 Å². The number of carbonyl (C=O) groups is 1. The van der Waals surface area contributed by atoms with Crippen LogP contribution in [0.15, 0.2) is 6.07 Å². The third-order valence-electron chi connectivity index (χ3n) is 4.80. The molecule has 0 aromatic carbocycles. The highest BCUT2D eigenvalue weighted by atomic mass is 16.2. The second-order valence-electron chi connectivity index (χ2n) is 6.35. The van der Waals surface area contributed by atoms with Gasteiger partial charge in [-0.2, -0.15) is 5.10 Å². The molecule has 0 bridgehead atoms. The largest absolute Gasteiger partial charge is 0.382 e. The molecule has 114 valence electrons. The molecule has 1 saturated carbocycles. The third-order valence-corrected chi connectivity index (χ3v) is 4.80. The van der Waals surface area contributed by atoms with Gasteiger partial charge in [-0.25, -0.2) is 0 Å². The lowest BCUT2D eigenvalue weighted by Crippen LogP contribution is -2.36. The molecule has 0 saturated heterocycles. The molecular formula is C16H24N4O. The van der Waals surface area contributed by atoms with Crippen LogP contribution < -0.4 is 5.73 Å². The van der Waals surface area contributed by atoms with E-state index in [-0.39, 0.29) is 5.91 Å². The molecule has 2 heterocycles. The van der Waals surface area contributed by atoms with E-state index in [1.807, 2.05) is 11.0 Å². The molecule has 0 radical (unpaired) electrons. The van der Waals surface area contributed by atoms with Gasteiger partial charge in [0.1, 0.15) is 5.82 Å². The van der Waals surface area contributed by atoms with Crippen molar-refractivity contribution in [2.45, 2.75) is 57.9 Å². The highest BCUT2D eigenvalue weighted by Gasteiger charge is 2.23. The van der Waals surface area contributed by atoms with E-state index in [2.05, 4.69) is 10.2 Å². The fourth-order valence-electron chi connectivity index (χ4n) is 3.52. The van der Waals surface area contributed by atoms with Crippen molar-refractivity contribution in [1.82, 2.24) is 15.1 Å². The molecule has 1 fully saturated rings. The molecule has 0 atom stereocenters. The van der Waals surface area contributed by atoms with Gasteiger partial charge in [0.25, 0.3) is 0 Å². The molecule has 0 unspecified atom stereocenters. The quantitative estimate of drug-likeness (QED) is 0.926. The number of nitrogens with two attached hydrogens (primary N) is 1. The fourth-order valence-corrected chi connectivity index (χ4v) is 3.52. The van der Waals surface area contributed by atoms with E-state index in [4.69, 9.17) is 5.73 Å². The number of nitrogen functional groups attached to an aromatic ring is 1. The van der Waals surface area contributed by atoms with Gasteiger partial charge in [-0.3, -0.25) is 4.79 Å². The predicted octanol–water partition coefficient (Wildman–Crippen LogP) is 2.30. The van der Waals surface area contributed by atoms with Crippen LogP contribution in [0.25, 0.3) is 0 Å². The zero-order chi connectivity index (χ0) is 14.7. The van der Waals surface area contributed by atoms with E-state index in [0.29, 0.717) is 18.8 Å². The highest BCUT2D eigenvalue weighted by Crippen LogP contribution is 2.28.